The lowest BCUT2D eigenvalue weighted by Crippen LogP contribution is -2.51. The van der Waals surface area contributed by atoms with Crippen LogP contribution >= 0.6 is 0 Å². The molecule has 1 aliphatic carbocycles. The molecule has 5 nitrogen and oxygen atoms in total. The normalized spacial score (nSPS) is 23.2. The van der Waals surface area contributed by atoms with Gasteiger partial charge in [-0.2, -0.15) is 5.10 Å². The van der Waals surface area contributed by atoms with E-state index in [1.165, 1.54) is 23.4 Å². The summed E-state index contributed by atoms with van der Waals surface area (Å²) in [5.41, 5.74) is 3.52. The van der Waals surface area contributed by atoms with Crippen LogP contribution in [0.2, 0.25) is 0 Å². The lowest BCUT2D eigenvalue weighted by molar-refractivity contribution is -0.0151. The van der Waals surface area contributed by atoms with Crippen LogP contribution in [0.25, 0.3) is 0 Å². The van der Waals surface area contributed by atoms with Crippen LogP contribution in [-0.2, 0) is 13.5 Å². The lowest BCUT2D eigenvalue weighted by Gasteiger charge is -2.35. The fourth-order valence-corrected chi connectivity index (χ4v) is 3.74. The summed E-state index contributed by atoms with van der Waals surface area (Å²) in [6.07, 6.45) is 2.76. The molecule has 0 spiro atoms. The van der Waals surface area contributed by atoms with Gasteiger partial charge in [-0.15, -0.1) is 0 Å². The number of hydrogen-bond donors (Lipinski definition) is 2. The second kappa shape index (κ2) is 8.18. The number of halogens is 1. The molecule has 2 N–H and O–H groups in total. The minimum absolute atomic E-state index is 0.00600. The Kier molecular flexibility index (Phi) is 5.94. The minimum atomic E-state index is -0.579. The van der Waals surface area contributed by atoms with Crippen molar-refractivity contribution in [2.24, 2.45) is 7.05 Å². The minimum Gasteiger partial charge on any atom is -0.488 e. The van der Waals surface area contributed by atoms with Gasteiger partial charge in [0.15, 0.2) is 0 Å². The summed E-state index contributed by atoms with van der Waals surface area (Å²) in [6, 6.07) is 5.96. The van der Waals surface area contributed by atoms with E-state index in [2.05, 4.69) is 17.3 Å². The van der Waals surface area contributed by atoms with Crippen LogP contribution in [0.3, 0.4) is 0 Å². The first-order chi connectivity index (χ1) is 12.5. The van der Waals surface area contributed by atoms with Crippen molar-refractivity contribution in [3.63, 3.8) is 0 Å². The van der Waals surface area contributed by atoms with Gasteiger partial charge < -0.3 is 15.2 Å². The van der Waals surface area contributed by atoms with Crippen LogP contribution in [0.1, 0.15) is 36.2 Å². The lowest BCUT2D eigenvalue weighted by atomic mass is 9.89. The summed E-state index contributed by atoms with van der Waals surface area (Å²) >= 11 is 0. The van der Waals surface area contributed by atoms with E-state index in [0.29, 0.717) is 5.75 Å². The number of nitrogens with one attached hydrogen (secondary N) is 1. The predicted octanol–water partition coefficient (Wildman–Crippen LogP) is 2.67. The van der Waals surface area contributed by atoms with Gasteiger partial charge in [-0.1, -0.05) is 0 Å². The van der Waals surface area contributed by atoms with Gasteiger partial charge in [0.25, 0.3) is 0 Å². The quantitative estimate of drug-likeness (QED) is 0.831. The first-order valence-corrected chi connectivity index (χ1v) is 9.28. The molecule has 1 heterocycles. The molecule has 142 valence electrons. The average Bonchev–Trinajstić information content (AvgIpc) is 2.86. The molecule has 1 saturated carbocycles. The van der Waals surface area contributed by atoms with Crippen LogP contribution in [-0.4, -0.2) is 39.7 Å². The Morgan fingerprint density at radius 3 is 2.65 bits per heavy atom. The molecule has 1 aliphatic rings. The largest absolute Gasteiger partial charge is 0.488 e. The third-order valence-electron chi connectivity index (χ3n) is 5.34. The Morgan fingerprint density at radius 2 is 2.00 bits per heavy atom. The molecule has 26 heavy (non-hydrogen) atoms. The van der Waals surface area contributed by atoms with Gasteiger partial charge in [-0.25, -0.2) is 4.39 Å². The number of rotatable bonds is 6. The van der Waals surface area contributed by atoms with Crippen molar-refractivity contribution >= 4 is 0 Å². The first-order valence-electron chi connectivity index (χ1n) is 9.28. The molecule has 2 aromatic rings. The highest BCUT2D eigenvalue weighted by molar-refractivity contribution is 5.25. The topological polar surface area (TPSA) is 59.3 Å². The van der Waals surface area contributed by atoms with Gasteiger partial charge >= 0.3 is 0 Å². The van der Waals surface area contributed by atoms with E-state index in [9.17, 15) is 9.50 Å². The molecule has 1 aromatic heterocycles. The van der Waals surface area contributed by atoms with E-state index in [0.717, 1.165) is 37.9 Å². The third-order valence-corrected chi connectivity index (χ3v) is 5.34. The highest BCUT2D eigenvalue weighted by atomic mass is 19.1. The van der Waals surface area contributed by atoms with Crippen molar-refractivity contribution in [1.29, 1.82) is 0 Å². The van der Waals surface area contributed by atoms with Crippen LogP contribution in [0.5, 0.6) is 5.75 Å². The smallest absolute Gasteiger partial charge is 0.126 e. The summed E-state index contributed by atoms with van der Waals surface area (Å²) in [5, 5.41) is 18.6. The van der Waals surface area contributed by atoms with Crippen molar-refractivity contribution < 1.29 is 14.2 Å². The van der Waals surface area contributed by atoms with Crippen molar-refractivity contribution in [2.75, 3.05) is 6.54 Å². The predicted molar refractivity (Wildman–Crippen MR) is 98.9 cm³/mol. The molecule has 6 heteroatoms. The monoisotopic (exact) mass is 361 g/mol. The van der Waals surface area contributed by atoms with Gasteiger partial charge in [-0.05, 0) is 75.9 Å². The number of aromatic nitrogens is 2. The Bertz CT molecular complexity index is 729. The Labute approximate surface area is 154 Å². The molecular formula is C20H28FN3O2. The zero-order valence-electron chi connectivity index (χ0n) is 15.7. The van der Waals surface area contributed by atoms with Crippen molar-refractivity contribution in [2.45, 2.75) is 57.8 Å². The summed E-state index contributed by atoms with van der Waals surface area (Å²) in [7, 11) is 1.96. The zero-order valence-corrected chi connectivity index (χ0v) is 15.7. The summed E-state index contributed by atoms with van der Waals surface area (Å²) in [4.78, 5) is 0. The Balaban J connectivity index is 1.54. The molecule has 0 radical (unpaired) electrons. The van der Waals surface area contributed by atoms with E-state index in [-0.39, 0.29) is 18.0 Å². The van der Waals surface area contributed by atoms with E-state index < -0.39 is 6.10 Å². The molecule has 1 aromatic carbocycles. The molecular weight excluding hydrogens is 333 g/mol. The molecule has 0 unspecified atom stereocenters. The second-order valence-corrected chi connectivity index (χ2v) is 7.12. The maximum atomic E-state index is 13.0. The first kappa shape index (κ1) is 18.9. The Hall–Kier alpha value is -1.92. The number of aryl methyl sites for hydroxylation is 2. The molecule has 0 bridgehead atoms. The fourth-order valence-electron chi connectivity index (χ4n) is 3.74. The number of nitrogens with zero attached hydrogens (tertiary/aromatic N) is 2. The van der Waals surface area contributed by atoms with Crippen LogP contribution in [0.15, 0.2) is 24.3 Å². The van der Waals surface area contributed by atoms with Crippen molar-refractivity contribution in [3.05, 3.63) is 47.0 Å². The molecule has 0 saturated heterocycles. The summed E-state index contributed by atoms with van der Waals surface area (Å²) in [6.45, 7) is 4.90. The van der Waals surface area contributed by atoms with E-state index >= 15 is 0 Å². The SMILES string of the molecule is Cc1nn(C)c(C)c1CCN[C@H]1CCC[C@@H](Oc2ccc(F)cc2)[C@@H]1O. The maximum Gasteiger partial charge on any atom is 0.126 e. The molecule has 1 fully saturated rings. The number of aliphatic hydroxyl groups is 1. The van der Waals surface area contributed by atoms with Crippen LogP contribution < -0.4 is 10.1 Å². The Morgan fingerprint density at radius 1 is 1.27 bits per heavy atom. The molecule has 0 aliphatic heterocycles. The van der Waals surface area contributed by atoms with Crippen LogP contribution in [0.4, 0.5) is 4.39 Å². The van der Waals surface area contributed by atoms with Gasteiger partial charge in [0, 0.05) is 18.8 Å². The summed E-state index contributed by atoms with van der Waals surface area (Å²) in [5.74, 6) is 0.305. The van der Waals surface area contributed by atoms with E-state index in [1.54, 1.807) is 12.1 Å². The van der Waals surface area contributed by atoms with Gasteiger partial charge in [0.2, 0.25) is 0 Å². The van der Waals surface area contributed by atoms with E-state index in [4.69, 9.17) is 4.74 Å². The summed E-state index contributed by atoms with van der Waals surface area (Å²) < 4.78 is 20.8. The van der Waals surface area contributed by atoms with Gasteiger partial charge in [0.1, 0.15) is 23.8 Å². The van der Waals surface area contributed by atoms with Gasteiger partial charge in [0.05, 0.1) is 5.69 Å². The second-order valence-electron chi connectivity index (χ2n) is 7.12. The van der Waals surface area contributed by atoms with Gasteiger partial charge in [-0.3, -0.25) is 4.68 Å². The third kappa shape index (κ3) is 4.24. The highest BCUT2D eigenvalue weighted by Crippen LogP contribution is 2.25. The van der Waals surface area contributed by atoms with Crippen LogP contribution in [0, 0.1) is 19.7 Å². The average molecular weight is 361 g/mol. The van der Waals surface area contributed by atoms with Crippen molar-refractivity contribution in [3.8, 4) is 5.75 Å². The van der Waals surface area contributed by atoms with E-state index in [1.807, 2.05) is 18.7 Å². The number of benzene rings is 1. The zero-order chi connectivity index (χ0) is 18.7. The highest BCUT2D eigenvalue weighted by Gasteiger charge is 2.33. The number of hydrogen-bond acceptors (Lipinski definition) is 4. The number of ether oxygens (including phenoxy) is 1. The standard InChI is InChI=1S/C20H28FN3O2/c1-13-17(14(2)24(3)23-13)11-12-22-18-5-4-6-19(20(18)25)26-16-9-7-15(21)8-10-16/h7-10,18-20,22,25H,4-6,11-12H2,1-3H3/t18-,19+,20+/m0/s1. The number of aliphatic hydroxyl groups excluding tert-OH is 1. The fraction of sp³-hybridized carbons (Fsp3) is 0.550. The maximum absolute atomic E-state index is 13.0. The van der Waals surface area contributed by atoms with Crippen molar-refractivity contribution in [1.82, 2.24) is 15.1 Å². The molecule has 3 rings (SSSR count). The molecule has 0 amide bonds. The molecule has 3 atom stereocenters.